The molecule has 1 atom stereocenters. The van der Waals surface area contributed by atoms with Crippen LogP contribution in [0.25, 0.3) is 0 Å². The highest BCUT2D eigenvalue weighted by molar-refractivity contribution is 5.50. The highest BCUT2D eigenvalue weighted by Crippen LogP contribution is 2.11. The molecule has 102 valence electrons. The lowest BCUT2D eigenvalue weighted by atomic mass is 10.2. The van der Waals surface area contributed by atoms with Gasteiger partial charge in [-0.3, -0.25) is 0 Å². The van der Waals surface area contributed by atoms with Gasteiger partial charge in [0.05, 0.1) is 0 Å². The van der Waals surface area contributed by atoms with Gasteiger partial charge in [-0.1, -0.05) is 20.8 Å². The Bertz CT molecular complexity index is 154. The van der Waals surface area contributed by atoms with Gasteiger partial charge in [0, 0.05) is 19.4 Å². The van der Waals surface area contributed by atoms with Gasteiger partial charge in [0.25, 0.3) is 0 Å². The highest BCUT2D eigenvalue weighted by atomic mass is 16.1. The maximum absolute atomic E-state index is 9.68. The summed E-state index contributed by atoms with van der Waals surface area (Å²) in [5, 5.41) is 0. The van der Waals surface area contributed by atoms with E-state index in [1.807, 2.05) is 13.8 Å². The van der Waals surface area contributed by atoms with Crippen LogP contribution in [0.3, 0.4) is 0 Å². The van der Waals surface area contributed by atoms with Gasteiger partial charge >= 0.3 is 0 Å². The Morgan fingerprint density at radius 1 is 1.12 bits per heavy atom. The van der Waals surface area contributed by atoms with E-state index in [1.54, 1.807) is 0 Å². The van der Waals surface area contributed by atoms with Crippen molar-refractivity contribution in [3.63, 3.8) is 0 Å². The predicted molar refractivity (Wildman–Crippen MR) is 73.2 cm³/mol. The van der Waals surface area contributed by atoms with Gasteiger partial charge < -0.3 is 14.5 Å². The number of hydrogen-bond acceptors (Lipinski definition) is 3. The Labute approximate surface area is 107 Å². The summed E-state index contributed by atoms with van der Waals surface area (Å²) in [5.41, 5.74) is 0. The maximum Gasteiger partial charge on any atom is 0.119 e. The Hall–Kier alpha value is -0.700. The molecular formula is C14H29NO2. The first kappa shape index (κ1) is 18.7. The molecule has 0 aromatic rings. The van der Waals surface area contributed by atoms with E-state index < -0.39 is 0 Å². The summed E-state index contributed by atoms with van der Waals surface area (Å²) in [7, 11) is 2.18. The second-order valence-electron chi connectivity index (χ2n) is 4.27. The molecule has 0 aromatic heterocycles. The number of unbranched alkanes of at least 4 members (excludes halogenated alkanes) is 3. The zero-order chi connectivity index (χ0) is 13.5. The number of rotatable bonds is 5. The van der Waals surface area contributed by atoms with Crippen LogP contribution in [0.1, 0.15) is 52.9 Å². The van der Waals surface area contributed by atoms with Crippen molar-refractivity contribution >= 4 is 12.6 Å². The average Bonchev–Trinajstić information content (AvgIpc) is 2.72. The standard InChI is InChI=1S/C6H13N.C6H10O2.C2H6/c1-6-3-4-7(2)5-6;7-5-3-1-2-4-6-8;1-2/h6H,3-5H2,1-2H3;5-6H,1-4H2;1-2H3/t6-;;/m0../s1. The lowest BCUT2D eigenvalue weighted by Gasteiger charge is -2.03. The van der Waals surface area contributed by atoms with Crippen LogP contribution in [-0.2, 0) is 9.59 Å². The van der Waals surface area contributed by atoms with Gasteiger partial charge in [-0.15, -0.1) is 0 Å². The lowest BCUT2D eigenvalue weighted by molar-refractivity contribution is -0.109. The molecule has 3 nitrogen and oxygen atoms in total. The van der Waals surface area contributed by atoms with E-state index in [2.05, 4.69) is 18.9 Å². The normalized spacial score (nSPS) is 18.5. The van der Waals surface area contributed by atoms with Crippen molar-refractivity contribution in [1.29, 1.82) is 0 Å². The van der Waals surface area contributed by atoms with Crippen LogP contribution in [0.5, 0.6) is 0 Å². The lowest BCUT2D eigenvalue weighted by Crippen LogP contribution is -2.12. The highest BCUT2D eigenvalue weighted by Gasteiger charge is 2.13. The first-order valence-corrected chi connectivity index (χ1v) is 6.76. The molecule has 1 heterocycles. The summed E-state index contributed by atoms with van der Waals surface area (Å²) in [6, 6.07) is 0. The third kappa shape index (κ3) is 15.3. The molecule has 1 aliphatic heterocycles. The van der Waals surface area contributed by atoms with Gasteiger partial charge in [0.1, 0.15) is 12.6 Å². The van der Waals surface area contributed by atoms with Gasteiger partial charge in [-0.2, -0.15) is 0 Å². The van der Waals surface area contributed by atoms with E-state index >= 15 is 0 Å². The molecule has 0 N–H and O–H groups in total. The third-order valence-electron chi connectivity index (χ3n) is 2.52. The molecule has 1 saturated heterocycles. The predicted octanol–water partition coefficient (Wildman–Crippen LogP) is 2.93. The van der Waals surface area contributed by atoms with Crippen molar-refractivity contribution in [2.75, 3.05) is 20.1 Å². The van der Waals surface area contributed by atoms with Crippen molar-refractivity contribution in [1.82, 2.24) is 4.90 Å². The molecule has 0 spiro atoms. The van der Waals surface area contributed by atoms with E-state index in [9.17, 15) is 9.59 Å². The van der Waals surface area contributed by atoms with Crippen LogP contribution in [-0.4, -0.2) is 37.6 Å². The first-order chi connectivity index (χ1) is 8.20. The summed E-state index contributed by atoms with van der Waals surface area (Å²) >= 11 is 0. The fourth-order valence-corrected chi connectivity index (χ4v) is 1.61. The Morgan fingerprint density at radius 2 is 1.59 bits per heavy atom. The molecule has 0 saturated carbocycles. The van der Waals surface area contributed by atoms with E-state index in [0.29, 0.717) is 12.8 Å². The van der Waals surface area contributed by atoms with Crippen LogP contribution in [0.4, 0.5) is 0 Å². The van der Waals surface area contributed by atoms with Crippen LogP contribution in [0, 0.1) is 5.92 Å². The fraction of sp³-hybridized carbons (Fsp3) is 0.857. The molecule has 0 aromatic carbocycles. The molecule has 0 radical (unpaired) electrons. The molecular weight excluding hydrogens is 214 g/mol. The second-order valence-corrected chi connectivity index (χ2v) is 4.27. The van der Waals surface area contributed by atoms with Crippen LogP contribution in [0.2, 0.25) is 0 Å². The summed E-state index contributed by atoms with van der Waals surface area (Å²) in [6.45, 7) is 8.92. The molecule has 1 rings (SSSR count). The van der Waals surface area contributed by atoms with Gasteiger partial charge in [0.2, 0.25) is 0 Å². The van der Waals surface area contributed by atoms with Crippen LogP contribution < -0.4 is 0 Å². The minimum atomic E-state index is 0.591. The third-order valence-corrected chi connectivity index (χ3v) is 2.52. The maximum atomic E-state index is 9.68. The minimum absolute atomic E-state index is 0.591. The number of hydrogen-bond donors (Lipinski definition) is 0. The van der Waals surface area contributed by atoms with Crippen molar-refractivity contribution in [3.05, 3.63) is 0 Å². The number of carbonyl (C=O) groups is 2. The number of nitrogens with zero attached hydrogens (tertiary/aromatic N) is 1. The Kier molecular flexibility index (Phi) is 16.8. The summed E-state index contributed by atoms with van der Waals surface area (Å²) in [6.07, 6.45) is 6.04. The fourth-order valence-electron chi connectivity index (χ4n) is 1.61. The molecule has 3 heteroatoms. The summed E-state index contributed by atoms with van der Waals surface area (Å²) in [5.74, 6) is 0.949. The first-order valence-electron chi connectivity index (χ1n) is 6.76. The van der Waals surface area contributed by atoms with Gasteiger partial charge in [-0.05, 0) is 38.8 Å². The van der Waals surface area contributed by atoms with Crippen molar-refractivity contribution in [2.45, 2.75) is 52.9 Å². The molecule has 1 aliphatic rings. The average molecular weight is 243 g/mol. The summed E-state index contributed by atoms with van der Waals surface area (Å²) in [4.78, 5) is 21.7. The van der Waals surface area contributed by atoms with Crippen LogP contribution >= 0.6 is 0 Å². The Balaban J connectivity index is 0. The van der Waals surface area contributed by atoms with Crippen LogP contribution in [0.15, 0.2) is 0 Å². The van der Waals surface area contributed by atoms with E-state index in [1.165, 1.54) is 19.5 Å². The van der Waals surface area contributed by atoms with E-state index in [-0.39, 0.29) is 0 Å². The minimum Gasteiger partial charge on any atom is -0.306 e. The SMILES string of the molecule is CC.C[C@H]1CCN(C)C1.O=CCCCCC=O. The van der Waals surface area contributed by atoms with Gasteiger partial charge in [-0.25, -0.2) is 0 Å². The number of likely N-dealkylation sites (tertiary alicyclic amines) is 1. The molecule has 0 unspecified atom stereocenters. The topological polar surface area (TPSA) is 37.4 Å². The van der Waals surface area contributed by atoms with Crippen molar-refractivity contribution < 1.29 is 9.59 Å². The molecule has 17 heavy (non-hydrogen) atoms. The number of aldehydes is 2. The van der Waals surface area contributed by atoms with Crippen molar-refractivity contribution in [2.24, 2.45) is 5.92 Å². The molecule has 1 fully saturated rings. The molecule has 0 aliphatic carbocycles. The van der Waals surface area contributed by atoms with Crippen molar-refractivity contribution in [3.8, 4) is 0 Å². The quantitative estimate of drug-likeness (QED) is 0.550. The number of carbonyl (C=O) groups excluding carboxylic acids is 2. The van der Waals surface area contributed by atoms with E-state index in [4.69, 9.17) is 0 Å². The largest absolute Gasteiger partial charge is 0.306 e. The Morgan fingerprint density at radius 3 is 1.76 bits per heavy atom. The smallest absolute Gasteiger partial charge is 0.119 e. The molecule has 0 bridgehead atoms. The molecule has 0 amide bonds. The zero-order valence-corrected chi connectivity index (χ0v) is 11.9. The zero-order valence-electron chi connectivity index (χ0n) is 11.9. The van der Waals surface area contributed by atoms with Gasteiger partial charge in [0.15, 0.2) is 0 Å². The second kappa shape index (κ2) is 15.3. The monoisotopic (exact) mass is 243 g/mol. The van der Waals surface area contributed by atoms with E-state index in [0.717, 1.165) is 31.3 Å². The summed E-state index contributed by atoms with van der Waals surface area (Å²) < 4.78 is 0.